The molecule has 1 aliphatic carbocycles. The maximum Gasteiger partial charge on any atom is 0.247 e. The van der Waals surface area contributed by atoms with E-state index in [0.717, 1.165) is 50.9 Å². The Kier molecular flexibility index (Phi) is 5.85. The standard InChI is InChI=1S/C19H24Cl2N2O/c1-2-22-11-9-16(10-12-22)23(15-5-6-15)19(24)8-4-14-3-7-17(20)18(21)13-14/h3-4,7-8,13,15-16H,2,5-6,9-12H2,1H3. The Hall–Kier alpha value is -1.03. The summed E-state index contributed by atoms with van der Waals surface area (Å²) < 4.78 is 0. The van der Waals surface area contributed by atoms with Crippen LogP contribution in [-0.2, 0) is 4.79 Å². The van der Waals surface area contributed by atoms with Crippen molar-refractivity contribution in [2.75, 3.05) is 19.6 Å². The average molecular weight is 367 g/mol. The number of piperidine rings is 1. The highest BCUT2D eigenvalue weighted by molar-refractivity contribution is 6.42. The summed E-state index contributed by atoms with van der Waals surface area (Å²) in [6.45, 7) is 5.48. The van der Waals surface area contributed by atoms with E-state index in [1.165, 1.54) is 0 Å². The van der Waals surface area contributed by atoms with Crippen molar-refractivity contribution in [3.05, 3.63) is 39.9 Å². The van der Waals surface area contributed by atoms with Gasteiger partial charge in [-0.2, -0.15) is 0 Å². The average Bonchev–Trinajstić information content (AvgIpc) is 3.42. The number of hydrogen-bond acceptors (Lipinski definition) is 2. The third-order valence-corrected chi connectivity index (χ3v) is 5.69. The molecule has 1 aromatic rings. The molecule has 0 spiro atoms. The van der Waals surface area contributed by atoms with Crippen molar-refractivity contribution in [3.8, 4) is 0 Å². The molecule has 1 aliphatic heterocycles. The van der Waals surface area contributed by atoms with Crippen LogP contribution in [0, 0.1) is 0 Å². The van der Waals surface area contributed by atoms with E-state index in [9.17, 15) is 4.79 Å². The Morgan fingerprint density at radius 3 is 2.42 bits per heavy atom. The second kappa shape index (κ2) is 7.90. The molecule has 1 heterocycles. The van der Waals surface area contributed by atoms with E-state index in [1.54, 1.807) is 18.2 Å². The highest BCUT2D eigenvalue weighted by Crippen LogP contribution is 2.32. The fourth-order valence-corrected chi connectivity index (χ4v) is 3.70. The van der Waals surface area contributed by atoms with Gasteiger partial charge in [-0.1, -0.05) is 36.2 Å². The van der Waals surface area contributed by atoms with Crippen molar-refractivity contribution in [2.45, 2.75) is 44.7 Å². The van der Waals surface area contributed by atoms with Gasteiger partial charge in [-0.15, -0.1) is 0 Å². The van der Waals surface area contributed by atoms with Crippen LogP contribution < -0.4 is 0 Å². The molecular weight excluding hydrogens is 343 g/mol. The molecule has 1 amide bonds. The zero-order valence-corrected chi connectivity index (χ0v) is 15.6. The third-order valence-electron chi connectivity index (χ3n) is 4.95. The molecule has 24 heavy (non-hydrogen) atoms. The molecule has 0 atom stereocenters. The Morgan fingerprint density at radius 1 is 1.17 bits per heavy atom. The van der Waals surface area contributed by atoms with Crippen LogP contribution in [0.4, 0.5) is 0 Å². The topological polar surface area (TPSA) is 23.6 Å². The van der Waals surface area contributed by atoms with Crippen molar-refractivity contribution < 1.29 is 4.79 Å². The van der Waals surface area contributed by atoms with Gasteiger partial charge in [0.1, 0.15) is 0 Å². The monoisotopic (exact) mass is 366 g/mol. The van der Waals surface area contributed by atoms with Crippen LogP contribution in [0.3, 0.4) is 0 Å². The third kappa shape index (κ3) is 4.33. The molecule has 0 bridgehead atoms. The van der Waals surface area contributed by atoms with E-state index in [1.807, 2.05) is 12.1 Å². The zero-order chi connectivity index (χ0) is 17.1. The molecule has 1 saturated carbocycles. The summed E-state index contributed by atoms with van der Waals surface area (Å²) in [5.41, 5.74) is 0.897. The summed E-state index contributed by atoms with van der Waals surface area (Å²) in [7, 11) is 0. The van der Waals surface area contributed by atoms with Crippen LogP contribution in [0.1, 0.15) is 38.2 Å². The minimum absolute atomic E-state index is 0.124. The fraction of sp³-hybridized carbons (Fsp3) is 0.526. The van der Waals surface area contributed by atoms with Crippen molar-refractivity contribution in [1.82, 2.24) is 9.80 Å². The van der Waals surface area contributed by atoms with E-state index in [-0.39, 0.29) is 5.91 Å². The van der Waals surface area contributed by atoms with Gasteiger partial charge in [0.25, 0.3) is 0 Å². The fourth-order valence-electron chi connectivity index (χ4n) is 3.39. The van der Waals surface area contributed by atoms with E-state index in [4.69, 9.17) is 23.2 Å². The van der Waals surface area contributed by atoms with Gasteiger partial charge >= 0.3 is 0 Å². The molecule has 3 nitrogen and oxygen atoms in total. The van der Waals surface area contributed by atoms with Gasteiger partial charge < -0.3 is 9.80 Å². The highest BCUT2D eigenvalue weighted by Gasteiger charge is 2.37. The predicted octanol–water partition coefficient (Wildman–Crippen LogP) is 4.48. The SMILES string of the molecule is CCN1CCC(N(C(=O)C=Cc2ccc(Cl)c(Cl)c2)C2CC2)CC1. The lowest BCUT2D eigenvalue weighted by Crippen LogP contribution is -2.47. The molecular formula is C19H24Cl2N2O. The molecule has 1 aromatic carbocycles. The number of amides is 1. The minimum atomic E-state index is 0.124. The van der Waals surface area contributed by atoms with Crippen LogP contribution >= 0.6 is 23.2 Å². The van der Waals surface area contributed by atoms with Crippen molar-refractivity contribution in [1.29, 1.82) is 0 Å². The Labute approximate surface area is 154 Å². The van der Waals surface area contributed by atoms with E-state index >= 15 is 0 Å². The van der Waals surface area contributed by atoms with Crippen LogP contribution in [0.15, 0.2) is 24.3 Å². The smallest absolute Gasteiger partial charge is 0.247 e. The second-order valence-corrected chi connectivity index (χ2v) is 7.46. The molecule has 0 radical (unpaired) electrons. The van der Waals surface area contributed by atoms with Gasteiger partial charge in [0.15, 0.2) is 0 Å². The van der Waals surface area contributed by atoms with Gasteiger partial charge in [-0.05, 0) is 56.0 Å². The number of carbonyl (C=O) groups is 1. The first-order valence-electron chi connectivity index (χ1n) is 8.76. The molecule has 130 valence electrons. The van der Waals surface area contributed by atoms with Gasteiger partial charge in [0.05, 0.1) is 10.0 Å². The lowest BCUT2D eigenvalue weighted by atomic mass is 10.0. The molecule has 5 heteroatoms. The second-order valence-electron chi connectivity index (χ2n) is 6.65. The number of hydrogen-bond donors (Lipinski definition) is 0. The highest BCUT2D eigenvalue weighted by atomic mass is 35.5. The Bertz CT molecular complexity index is 620. The summed E-state index contributed by atoms with van der Waals surface area (Å²) in [5, 5.41) is 1.04. The van der Waals surface area contributed by atoms with Crippen LogP contribution in [0.25, 0.3) is 6.08 Å². The van der Waals surface area contributed by atoms with E-state index in [0.29, 0.717) is 22.1 Å². The summed E-state index contributed by atoms with van der Waals surface area (Å²) in [4.78, 5) is 17.3. The minimum Gasteiger partial charge on any atom is -0.333 e. The lowest BCUT2D eigenvalue weighted by molar-refractivity contribution is -0.129. The number of benzene rings is 1. The van der Waals surface area contributed by atoms with Crippen molar-refractivity contribution >= 4 is 35.2 Å². The van der Waals surface area contributed by atoms with Crippen LogP contribution in [0.5, 0.6) is 0 Å². The molecule has 2 aliphatic rings. The first-order valence-corrected chi connectivity index (χ1v) is 9.52. The maximum absolute atomic E-state index is 12.8. The predicted molar refractivity (Wildman–Crippen MR) is 101 cm³/mol. The van der Waals surface area contributed by atoms with Gasteiger partial charge in [0.2, 0.25) is 5.91 Å². The number of nitrogens with zero attached hydrogens (tertiary/aromatic N) is 2. The van der Waals surface area contributed by atoms with Crippen LogP contribution in [0.2, 0.25) is 10.0 Å². The zero-order valence-electron chi connectivity index (χ0n) is 14.0. The molecule has 3 rings (SSSR count). The molecule has 0 aromatic heterocycles. The van der Waals surface area contributed by atoms with Gasteiger partial charge in [-0.3, -0.25) is 4.79 Å². The summed E-state index contributed by atoms with van der Waals surface area (Å²) in [6, 6.07) is 6.24. The number of rotatable bonds is 5. The molecule has 1 saturated heterocycles. The van der Waals surface area contributed by atoms with Crippen molar-refractivity contribution in [3.63, 3.8) is 0 Å². The molecule has 2 fully saturated rings. The Balaban J connectivity index is 1.66. The first-order chi connectivity index (χ1) is 11.6. The van der Waals surface area contributed by atoms with Gasteiger partial charge in [-0.25, -0.2) is 0 Å². The number of halogens is 2. The Morgan fingerprint density at radius 2 is 1.83 bits per heavy atom. The largest absolute Gasteiger partial charge is 0.333 e. The normalized spacial score (nSPS) is 19.8. The first kappa shape index (κ1) is 17.8. The van der Waals surface area contributed by atoms with Crippen molar-refractivity contribution in [2.24, 2.45) is 0 Å². The quantitative estimate of drug-likeness (QED) is 0.717. The summed E-state index contributed by atoms with van der Waals surface area (Å²) in [6.07, 6.45) is 7.96. The van der Waals surface area contributed by atoms with E-state index < -0.39 is 0 Å². The lowest BCUT2D eigenvalue weighted by Gasteiger charge is -2.38. The van der Waals surface area contributed by atoms with Crippen LogP contribution in [-0.4, -0.2) is 47.4 Å². The maximum atomic E-state index is 12.8. The molecule has 0 unspecified atom stereocenters. The van der Waals surface area contributed by atoms with Gasteiger partial charge in [0, 0.05) is 31.2 Å². The summed E-state index contributed by atoms with van der Waals surface area (Å²) >= 11 is 12.0. The number of carbonyl (C=O) groups excluding carboxylic acids is 1. The number of likely N-dealkylation sites (tertiary alicyclic amines) is 1. The summed E-state index contributed by atoms with van der Waals surface area (Å²) in [5.74, 6) is 0.124. The molecule has 0 N–H and O–H groups in total. The van der Waals surface area contributed by atoms with E-state index in [2.05, 4.69) is 16.7 Å².